The summed E-state index contributed by atoms with van der Waals surface area (Å²) in [5.41, 5.74) is -0.435. The van der Waals surface area contributed by atoms with Crippen molar-refractivity contribution < 1.29 is 10.2 Å². The molecule has 0 spiro atoms. The average molecular weight is 551 g/mol. The van der Waals surface area contributed by atoms with E-state index in [-0.39, 0.29) is 6.23 Å². The Morgan fingerprint density at radius 2 is 1.77 bits per heavy atom. The van der Waals surface area contributed by atoms with Crippen LogP contribution < -0.4 is 5.32 Å². The number of rotatable bonds is 17. The molecule has 0 aromatic heterocycles. The minimum atomic E-state index is -0.435. The molecule has 31 heavy (non-hydrogen) atoms. The van der Waals surface area contributed by atoms with Gasteiger partial charge in [0.1, 0.15) is 6.23 Å². The minimum absolute atomic E-state index is 0.371. The van der Waals surface area contributed by atoms with E-state index in [4.69, 9.17) is 0 Å². The molecule has 0 amide bonds. The molecule has 1 aliphatic carbocycles. The zero-order chi connectivity index (χ0) is 22.5. The van der Waals surface area contributed by atoms with E-state index >= 15 is 0 Å². The molecule has 0 aromatic rings. The summed E-state index contributed by atoms with van der Waals surface area (Å²) >= 11 is 2.44. The van der Waals surface area contributed by atoms with Gasteiger partial charge in [0.25, 0.3) is 0 Å². The third-order valence-electron chi connectivity index (χ3n) is 7.87. The SMILES string of the molecule is CCCC(CC)C(CCN1CC(O)(CCCCCI)C1)CC(O)NCC1CCCCC1. The molecule has 2 rings (SSSR count). The lowest BCUT2D eigenvalue weighted by atomic mass is 9.80. The molecule has 2 fully saturated rings. The van der Waals surface area contributed by atoms with E-state index in [0.29, 0.717) is 11.8 Å². The van der Waals surface area contributed by atoms with Crippen LogP contribution in [-0.2, 0) is 0 Å². The van der Waals surface area contributed by atoms with E-state index in [2.05, 4.69) is 46.7 Å². The molecule has 4 nitrogen and oxygen atoms in total. The van der Waals surface area contributed by atoms with Gasteiger partial charge in [-0.1, -0.05) is 87.8 Å². The fraction of sp³-hybridized carbons (Fsp3) is 1.00. The molecule has 184 valence electrons. The molecule has 1 heterocycles. The quantitative estimate of drug-likeness (QED) is 0.0936. The standard InChI is InChI=1S/C26H51IN2O2/c1-3-11-23(4-2)24(18-25(30)28-19-22-12-7-5-8-13-22)14-17-29-20-26(31,21-29)15-9-6-10-16-27/h22-25,28,30-31H,3-21H2,1-2H3. The van der Waals surface area contributed by atoms with E-state index in [0.717, 1.165) is 57.8 Å². The third kappa shape index (κ3) is 10.6. The largest absolute Gasteiger partial charge is 0.387 e. The number of nitrogens with zero attached hydrogens (tertiary/aromatic N) is 1. The number of aliphatic hydroxyl groups excluding tert-OH is 1. The number of nitrogens with one attached hydrogen (secondary N) is 1. The topological polar surface area (TPSA) is 55.7 Å². The van der Waals surface area contributed by atoms with Crippen molar-refractivity contribution in [1.29, 1.82) is 0 Å². The van der Waals surface area contributed by atoms with Gasteiger partial charge >= 0.3 is 0 Å². The van der Waals surface area contributed by atoms with Gasteiger partial charge in [-0.25, -0.2) is 0 Å². The average Bonchev–Trinajstić information content (AvgIpc) is 2.76. The summed E-state index contributed by atoms with van der Waals surface area (Å²) in [6, 6.07) is 0. The molecule has 1 saturated carbocycles. The van der Waals surface area contributed by atoms with Gasteiger partial charge in [0, 0.05) is 19.6 Å². The van der Waals surface area contributed by atoms with Gasteiger partial charge < -0.3 is 10.2 Å². The molecule has 0 aromatic carbocycles. The second-order valence-electron chi connectivity index (χ2n) is 10.6. The Bertz CT molecular complexity index is 453. The van der Waals surface area contributed by atoms with Crippen molar-refractivity contribution in [2.24, 2.45) is 17.8 Å². The van der Waals surface area contributed by atoms with Crippen LogP contribution in [0.4, 0.5) is 0 Å². The molecule has 1 aliphatic heterocycles. The number of hydrogen-bond acceptors (Lipinski definition) is 4. The molecule has 0 bridgehead atoms. The maximum atomic E-state index is 10.8. The fourth-order valence-electron chi connectivity index (χ4n) is 5.93. The van der Waals surface area contributed by atoms with Crippen LogP contribution in [0.5, 0.6) is 0 Å². The predicted octanol–water partition coefficient (Wildman–Crippen LogP) is 5.74. The van der Waals surface area contributed by atoms with Crippen molar-refractivity contribution in [3.63, 3.8) is 0 Å². The number of halogens is 1. The van der Waals surface area contributed by atoms with Crippen LogP contribution in [-0.4, -0.2) is 57.5 Å². The highest BCUT2D eigenvalue weighted by atomic mass is 127. The minimum Gasteiger partial charge on any atom is -0.387 e. The Morgan fingerprint density at radius 1 is 1.03 bits per heavy atom. The Hall–Kier alpha value is 0.570. The number of unbranched alkanes of at least 4 members (excludes halogenated alkanes) is 2. The first-order chi connectivity index (χ1) is 15.0. The van der Waals surface area contributed by atoms with Crippen LogP contribution >= 0.6 is 22.6 Å². The van der Waals surface area contributed by atoms with Gasteiger partial charge in [0.05, 0.1) is 5.60 Å². The first kappa shape index (κ1) is 27.8. The molecule has 3 unspecified atom stereocenters. The predicted molar refractivity (Wildman–Crippen MR) is 141 cm³/mol. The van der Waals surface area contributed by atoms with Gasteiger partial charge in [-0.2, -0.15) is 0 Å². The smallest absolute Gasteiger partial charge is 0.105 e. The number of aliphatic hydroxyl groups is 2. The van der Waals surface area contributed by atoms with Gasteiger partial charge in [0.15, 0.2) is 0 Å². The summed E-state index contributed by atoms with van der Waals surface area (Å²) < 4.78 is 1.22. The molecular weight excluding hydrogens is 499 g/mol. The van der Waals surface area contributed by atoms with Crippen molar-refractivity contribution >= 4 is 22.6 Å². The van der Waals surface area contributed by atoms with Crippen LogP contribution in [0, 0.1) is 17.8 Å². The normalized spacial score (nSPS) is 22.7. The second kappa shape index (κ2) is 15.5. The van der Waals surface area contributed by atoms with E-state index in [9.17, 15) is 10.2 Å². The summed E-state index contributed by atoms with van der Waals surface area (Å²) in [6.07, 6.45) is 16.7. The van der Waals surface area contributed by atoms with Crippen LogP contribution in [0.2, 0.25) is 0 Å². The molecule has 5 heteroatoms. The molecule has 1 saturated heterocycles. The van der Waals surface area contributed by atoms with Gasteiger partial charge in [-0.15, -0.1) is 0 Å². The maximum absolute atomic E-state index is 10.8. The van der Waals surface area contributed by atoms with Crippen molar-refractivity contribution in [2.75, 3.05) is 30.6 Å². The van der Waals surface area contributed by atoms with Crippen LogP contribution in [0.15, 0.2) is 0 Å². The zero-order valence-electron chi connectivity index (χ0n) is 20.5. The lowest BCUT2D eigenvalue weighted by Crippen LogP contribution is -2.61. The molecule has 3 atom stereocenters. The van der Waals surface area contributed by atoms with Crippen molar-refractivity contribution in [2.45, 2.75) is 116 Å². The number of likely N-dealkylation sites (tertiary alicyclic amines) is 1. The van der Waals surface area contributed by atoms with Crippen molar-refractivity contribution in [3.05, 3.63) is 0 Å². The fourth-order valence-corrected chi connectivity index (χ4v) is 6.47. The van der Waals surface area contributed by atoms with Crippen molar-refractivity contribution in [3.8, 4) is 0 Å². The maximum Gasteiger partial charge on any atom is 0.105 e. The Morgan fingerprint density at radius 3 is 2.42 bits per heavy atom. The first-order valence-electron chi connectivity index (χ1n) is 13.4. The summed E-state index contributed by atoms with van der Waals surface area (Å²) in [5.74, 6) is 2.02. The Labute approximate surface area is 206 Å². The van der Waals surface area contributed by atoms with E-state index in [1.165, 1.54) is 68.6 Å². The molecule has 3 N–H and O–H groups in total. The highest BCUT2D eigenvalue weighted by Gasteiger charge is 2.40. The summed E-state index contributed by atoms with van der Waals surface area (Å²) in [4.78, 5) is 2.44. The van der Waals surface area contributed by atoms with Crippen LogP contribution in [0.25, 0.3) is 0 Å². The number of β-amino-alcohol motifs (C(OH)–C–C–N with tert-alkyl or cyclic N) is 1. The summed E-state index contributed by atoms with van der Waals surface area (Å²) in [7, 11) is 0. The number of alkyl halides is 1. The monoisotopic (exact) mass is 550 g/mol. The zero-order valence-corrected chi connectivity index (χ0v) is 22.6. The van der Waals surface area contributed by atoms with Crippen LogP contribution in [0.3, 0.4) is 0 Å². The summed E-state index contributed by atoms with van der Waals surface area (Å²) in [5, 5.41) is 25.0. The molecule has 0 radical (unpaired) electrons. The Kier molecular flexibility index (Phi) is 13.9. The molecular formula is C26H51IN2O2. The van der Waals surface area contributed by atoms with Gasteiger partial charge in [-0.3, -0.25) is 10.2 Å². The van der Waals surface area contributed by atoms with E-state index < -0.39 is 5.60 Å². The summed E-state index contributed by atoms with van der Waals surface area (Å²) in [6.45, 7) is 8.33. The lowest BCUT2D eigenvalue weighted by molar-refractivity contribution is -0.106. The van der Waals surface area contributed by atoms with Crippen molar-refractivity contribution in [1.82, 2.24) is 10.2 Å². The third-order valence-corrected chi connectivity index (χ3v) is 8.63. The highest BCUT2D eigenvalue weighted by molar-refractivity contribution is 14.1. The lowest BCUT2D eigenvalue weighted by Gasteiger charge is -2.47. The van der Waals surface area contributed by atoms with E-state index in [1.54, 1.807) is 0 Å². The van der Waals surface area contributed by atoms with E-state index in [1.807, 2.05) is 0 Å². The van der Waals surface area contributed by atoms with Gasteiger partial charge in [-0.05, 0) is 67.3 Å². The second-order valence-corrected chi connectivity index (χ2v) is 11.7. The highest BCUT2D eigenvalue weighted by Crippen LogP contribution is 2.32. The first-order valence-corrected chi connectivity index (χ1v) is 14.9. The molecule has 2 aliphatic rings. The Balaban J connectivity index is 1.74. The van der Waals surface area contributed by atoms with Crippen LogP contribution in [0.1, 0.15) is 104 Å². The van der Waals surface area contributed by atoms with Gasteiger partial charge in [0.2, 0.25) is 0 Å². The number of hydrogen-bond donors (Lipinski definition) is 3.